The van der Waals surface area contributed by atoms with Gasteiger partial charge in [-0.3, -0.25) is 9.59 Å². The van der Waals surface area contributed by atoms with Crippen molar-refractivity contribution in [2.75, 3.05) is 34.6 Å². The summed E-state index contributed by atoms with van der Waals surface area (Å²) in [6, 6.07) is 4.87. The molecule has 0 aliphatic carbocycles. The van der Waals surface area contributed by atoms with Crippen LogP contribution >= 0.6 is 0 Å². The molecule has 158 valence electrons. The maximum absolute atomic E-state index is 12.7. The molecule has 9 nitrogen and oxygen atoms in total. The van der Waals surface area contributed by atoms with Gasteiger partial charge in [-0.25, -0.2) is 0 Å². The number of nitrogens with one attached hydrogen (secondary N) is 1. The first kappa shape index (κ1) is 19.7. The lowest BCUT2D eigenvalue weighted by Crippen LogP contribution is -2.35. The molecular weight excluding hydrogens is 392 g/mol. The number of hydrogen-bond donors (Lipinski definition) is 2. The molecule has 9 heteroatoms. The molecule has 2 aliphatic heterocycles. The van der Waals surface area contributed by atoms with Crippen LogP contribution in [0.3, 0.4) is 0 Å². The van der Waals surface area contributed by atoms with Crippen molar-refractivity contribution in [3.8, 4) is 28.7 Å². The summed E-state index contributed by atoms with van der Waals surface area (Å²) < 4.78 is 21.4. The summed E-state index contributed by atoms with van der Waals surface area (Å²) in [4.78, 5) is 26.9. The molecule has 0 unspecified atom stereocenters. The van der Waals surface area contributed by atoms with E-state index in [0.717, 1.165) is 0 Å². The van der Waals surface area contributed by atoms with E-state index in [0.29, 0.717) is 46.9 Å². The molecule has 2 heterocycles. The summed E-state index contributed by atoms with van der Waals surface area (Å²) in [7, 11) is 4.69. The van der Waals surface area contributed by atoms with Gasteiger partial charge in [0.25, 0.3) is 11.8 Å². The predicted molar refractivity (Wildman–Crippen MR) is 106 cm³/mol. The van der Waals surface area contributed by atoms with E-state index in [1.165, 1.54) is 19.1 Å². The van der Waals surface area contributed by atoms with Crippen LogP contribution in [0.15, 0.2) is 18.2 Å². The van der Waals surface area contributed by atoms with E-state index in [9.17, 15) is 14.7 Å². The molecule has 30 heavy (non-hydrogen) atoms. The zero-order valence-electron chi connectivity index (χ0n) is 16.9. The average molecular weight is 414 g/mol. The van der Waals surface area contributed by atoms with E-state index in [4.69, 9.17) is 18.9 Å². The van der Waals surface area contributed by atoms with Gasteiger partial charge in [-0.05, 0) is 30.2 Å². The third-order valence-electron chi connectivity index (χ3n) is 5.33. The lowest BCUT2D eigenvalue weighted by Gasteiger charge is -2.28. The van der Waals surface area contributed by atoms with Crippen molar-refractivity contribution in [1.82, 2.24) is 10.2 Å². The van der Waals surface area contributed by atoms with Crippen molar-refractivity contribution in [2.24, 2.45) is 0 Å². The van der Waals surface area contributed by atoms with E-state index in [2.05, 4.69) is 5.32 Å². The number of amides is 2. The first-order chi connectivity index (χ1) is 14.5. The van der Waals surface area contributed by atoms with Gasteiger partial charge in [0.2, 0.25) is 12.5 Å². The second-order valence-electron chi connectivity index (χ2n) is 6.97. The fourth-order valence-electron chi connectivity index (χ4n) is 3.74. The number of fused-ring (bicyclic) bond motifs is 2. The Morgan fingerprint density at radius 2 is 1.93 bits per heavy atom. The molecule has 0 aromatic heterocycles. The Morgan fingerprint density at radius 3 is 2.67 bits per heavy atom. The first-order valence-electron chi connectivity index (χ1n) is 9.38. The van der Waals surface area contributed by atoms with Crippen LogP contribution in [0.25, 0.3) is 0 Å². The highest BCUT2D eigenvalue weighted by Gasteiger charge is 2.35. The van der Waals surface area contributed by atoms with E-state index in [1.54, 1.807) is 25.2 Å². The Bertz CT molecular complexity index is 1030. The van der Waals surface area contributed by atoms with Crippen LogP contribution in [-0.4, -0.2) is 56.4 Å². The van der Waals surface area contributed by atoms with E-state index < -0.39 is 0 Å². The van der Waals surface area contributed by atoms with Crippen LogP contribution in [-0.2, 0) is 13.0 Å². The number of nitrogens with zero attached hydrogens (tertiary/aromatic N) is 1. The van der Waals surface area contributed by atoms with Gasteiger partial charge < -0.3 is 34.3 Å². The third kappa shape index (κ3) is 3.12. The van der Waals surface area contributed by atoms with Crippen molar-refractivity contribution >= 4 is 11.8 Å². The fourth-order valence-corrected chi connectivity index (χ4v) is 3.74. The molecule has 4 rings (SSSR count). The SMILES string of the molecule is COc1ccc(C(=O)NCc2c3c(c(O)c4c2OCO4)C(=O)N(C)CC3)cc1OC. The summed E-state index contributed by atoms with van der Waals surface area (Å²) in [5, 5.41) is 13.4. The number of benzene rings is 2. The Morgan fingerprint density at radius 1 is 1.20 bits per heavy atom. The quantitative estimate of drug-likeness (QED) is 0.767. The van der Waals surface area contributed by atoms with Crippen molar-refractivity contribution in [3.05, 3.63) is 40.5 Å². The zero-order valence-corrected chi connectivity index (χ0v) is 16.9. The van der Waals surface area contributed by atoms with Crippen LogP contribution in [0.2, 0.25) is 0 Å². The molecular formula is C21H22N2O7. The summed E-state index contributed by atoms with van der Waals surface area (Å²) in [5.41, 5.74) is 1.88. The number of phenols is 1. The standard InChI is InChI=1S/C21H22N2O7/c1-23-7-6-12-13(18-19(30-10-29-18)17(24)16(12)21(23)26)9-22-20(25)11-4-5-14(27-2)15(8-11)28-3/h4-5,8,24H,6-7,9-10H2,1-3H3,(H,22,25). The van der Waals surface area contributed by atoms with Gasteiger partial charge in [0.1, 0.15) is 0 Å². The Kier molecular flexibility index (Phi) is 5.03. The molecule has 0 atom stereocenters. The summed E-state index contributed by atoms with van der Waals surface area (Å²) in [5.74, 6) is 0.614. The lowest BCUT2D eigenvalue weighted by molar-refractivity contribution is 0.0776. The van der Waals surface area contributed by atoms with Crippen molar-refractivity contribution in [2.45, 2.75) is 13.0 Å². The number of carbonyl (C=O) groups is 2. The number of carbonyl (C=O) groups excluding carboxylic acids is 2. The van der Waals surface area contributed by atoms with Crippen LogP contribution in [0.5, 0.6) is 28.7 Å². The average Bonchev–Trinajstić information content (AvgIpc) is 3.25. The third-order valence-corrected chi connectivity index (χ3v) is 5.33. The number of ether oxygens (including phenoxy) is 4. The minimum Gasteiger partial charge on any atom is -0.504 e. The molecule has 0 saturated heterocycles. The molecule has 2 aliphatic rings. The Hall–Kier alpha value is -3.62. The summed E-state index contributed by atoms with van der Waals surface area (Å²) in [6.45, 7) is 0.548. The largest absolute Gasteiger partial charge is 0.504 e. The van der Waals surface area contributed by atoms with Gasteiger partial charge in [0, 0.05) is 31.3 Å². The van der Waals surface area contributed by atoms with Gasteiger partial charge in [-0.15, -0.1) is 0 Å². The number of likely N-dealkylation sites (N-methyl/N-ethyl adjacent to an activating group) is 1. The van der Waals surface area contributed by atoms with Crippen molar-refractivity contribution < 1.29 is 33.6 Å². The van der Waals surface area contributed by atoms with Crippen molar-refractivity contribution in [3.63, 3.8) is 0 Å². The maximum Gasteiger partial charge on any atom is 0.257 e. The first-order valence-corrected chi connectivity index (χ1v) is 9.38. The maximum atomic E-state index is 12.7. The molecule has 2 amide bonds. The summed E-state index contributed by atoms with van der Waals surface area (Å²) in [6.07, 6.45) is 0.531. The summed E-state index contributed by atoms with van der Waals surface area (Å²) >= 11 is 0. The van der Waals surface area contributed by atoms with Gasteiger partial charge in [0.15, 0.2) is 23.0 Å². The number of rotatable bonds is 5. The number of hydrogen-bond acceptors (Lipinski definition) is 7. The van der Waals surface area contributed by atoms with Crippen LogP contribution in [0.1, 0.15) is 31.8 Å². The van der Waals surface area contributed by atoms with Gasteiger partial charge in [0.05, 0.1) is 19.8 Å². The Labute approximate surface area is 173 Å². The van der Waals surface area contributed by atoms with Crippen LogP contribution in [0.4, 0.5) is 0 Å². The smallest absolute Gasteiger partial charge is 0.257 e. The molecule has 0 fully saturated rings. The lowest BCUT2D eigenvalue weighted by atomic mass is 9.91. The van der Waals surface area contributed by atoms with Gasteiger partial charge in [-0.2, -0.15) is 0 Å². The highest BCUT2D eigenvalue weighted by molar-refractivity contribution is 6.01. The highest BCUT2D eigenvalue weighted by Crippen LogP contribution is 2.49. The molecule has 2 aromatic carbocycles. The number of aromatic hydroxyl groups is 1. The van der Waals surface area contributed by atoms with Crippen LogP contribution < -0.4 is 24.3 Å². The second-order valence-corrected chi connectivity index (χ2v) is 6.97. The van der Waals surface area contributed by atoms with Gasteiger partial charge >= 0.3 is 0 Å². The molecule has 0 radical (unpaired) electrons. The molecule has 0 spiro atoms. The fraction of sp³-hybridized carbons (Fsp3) is 0.333. The second kappa shape index (κ2) is 7.66. The predicted octanol–water partition coefficient (Wildman–Crippen LogP) is 1.70. The molecule has 0 bridgehead atoms. The molecule has 2 N–H and O–H groups in total. The minimum absolute atomic E-state index is 0.0631. The minimum atomic E-state index is -0.329. The normalized spacial score (nSPS) is 14.4. The Balaban J connectivity index is 1.65. The van der Waals surface area contributed by atoms with Crippen LogP contribution in [0, 0.1) is 0 Å². The van der Waals surface area contributed by atoms with Crippen molar-refractivity contribution in [1.29, 1.82) is 0 Å². The molecule has 2 aromatic rings. The van der Waals surface area contributed by atoms with Gasteiger partial charge in [-0.1, -0.05) is 0 Å². The van der Waals surface area contributed by atoms with E-state index >= 15 is 0 Å². The highest BCUT2D eigenvalue weighted by atomic mass is 16.7. The topological polar surface area (TPSA) is 107 Å². The monoisotopic (exact) mass is 414 g/mol. The van der Waals surface area contributed by atoms with E-state index in [1.807, 2.05) is 0 Å². The number of phenolic OH excluding ortho intramolecular Hbond substituents is 1. The van der Waals surface area contributed by atoms with E-state index in [-0.39, 0.29) is 42.2 Å². The number of methoxy groups -OCH3 is 2. The zero-order chi connectivity index (χ0) is 21.4. The molecule has 0 saturated carbocycles.